The van der Waals surface area contributed by atoms with Gasteiger partial charge in [0.1, 0.15) is 0 Å². The van der Waals surface area contributed by atoms with Gasteiger partial charge in [-0.25, -0.2) is 4.98 Å². The predicted molar refractivity (Wildman–Crippen MR) is 68.8 cm³/mol. The van der Waals surface area contributed by atoms with Crippen LogP contribution in [0.2, 0.25) is 0 Å². The van der Waals surface area contributed by atoms with Gasteiger partial charge in [-0.1, -0.05) is 6.92 Å². The molecule has 0 amide bonds. The van der Waals surface area contributed by atoms with Crippen molar-refractivity contribution in [2.75, 3.05) is 19.6 Å². The molecule has 1 aromatic rings. The molecule has 0 radical (unpaired) electrons. The van der Waals surface area contributed by atoms with Gasteiger partial charge in [0, 0.05) is 24.2 Å². The summed E-state index contributed by atoms with van der Waals surface area (Å²) in [7, 11) is 0. The Balaban J connectivity index is 1.74. The number of aromatic nitrogens is 1. The molecule has 1 fully saturated rings. The first-order valence-corrected chi connectivity index (χ1v) is 6.82. The zero-order chi connectivity index (χ0) is 11.4. The third kappa shape index (κ3) is 3.27. The van der Waals surface area contributed by atoms with Gasteiger partial charge in [0.25, 0.3) is 0 Å². The molecule has 90 valence electrons. The smallest absolute Gasteiger partial charge is 0.0897 e. The summed E-state index contributed by atoms with van der Waals surface area (Å²) in [6, 6.07) is 0. The summed E-state index contributed by atoms with van der Waals surface area (Å²) in [6.45, 7) is 8.86. The second kappa shape index (κ2) is 5.25. The van der Waals surface area contributed by atoms with E-state index in [1.807, 2.05) is 6.20 Å². The lowest BCUT2D eigenvalue weighted by Gasteiger charge is -2.34. The Morgan fingerprint density at radius 2 is 2.25 bits per heavy atom. The molecule has 2 heterocycles. The molecule has 3 nitrogen and oxygen atoms in total. The number of thiazole rings is 1. The normalized spacial score (nSPS) is 19.9. The van der Waals surface area contributed by atoms with Crippen LogP contribution in [0.4, 0.5) is 0 Å². The molecule has 0 spiro atoms. The first-order valence-electron chi connectivity index (χ1n) is 6.01. The highest BCUT2D eigenvalue weighted by atomic mass is 32.1. The number of hydrogen-bond donors (Lipinski definition) is 2. The fourth-order valence-electron chi connectivity index (χ4n) is 2.18. The van der Waals surface area contributed by atoms with Gasteiger partial charge < -0.3 is 10.6 Å². The molecule has 1 aromatic heterocycles. The van der Waals surface area contributed by atoms with E-state index in [-0.39, 0.29) is 0 Å². The number of nitrogens with zero attached hydrogens (tertiary/aromatic N) is 1. The largest absolute Gasteiger partial charge is 0.317 e. The van der Waals surface area contributed by atoms with E-state index in [1.54, 1.807) is 11.3 Å². The molecular formula is C12H21N3S. The Morgan fingerprint density at radius 1 is 1.50 bits per heavy atom. The summed E-state index contributed by atoms with van der Waals surface area (Å²) in [6.07, 6.45) is 4.54. The van der Waals surface area contributed by atoms with E-state index in [2.05, 4.69) is 29.5 Å². The van der Waals surface area contributed by atoms with Gasteiger partial charge in [-0.05, 0) is 38.3 Å². The van der Waals surface area contributed by atoms with Gasteiger partial charge >= 0.3 is 0 Å². The number of piperidine rings is 1. The van der Waals surface area contributed by atoms with Crippen LogP contribution < -0.4 is 10.6 Å². The van der Waals surface area contributed by atoms with Gasteiger partial charge in [-0.3, -0.25) is 0 Å². The molecule has 0 aromatic carbocycles. The van der Waals surface area contributed by atoms with Crippen molar-refractivity contribution in [3.05, 3.63) is 16.1 Å². The van der Waals surface area contributed by atoms with Crippen LogP contribution in [0.15, 0.2) is 6.20 Å². The average molecular weight is 239 g/mol. The van der Waals surface area contributed by atoms with Crippen molar-refractivity contribution < 1.29 is 0 Å². The van der Waals surface area contributed by atoms with Crippen LogP contribution in [0.3, 0.4) is 0 Å². The van der Waals surface area contributed by atoms with Crippen LogP contribution in [0, 0.1) is 12.3 Å². The van der Waals surface area contributed by atoms with E-state index in [0.717, 1.165) is 31.2 Å². The molecule has 2 N–H and O–H groups in total. The number of aryl methyl sites for hydroxylation is 1. The van der Waals surface area contributed by atoms with E-state index in [9.17, 15) is 0 Å². The molecule has 4 heteroatoms. The SMILES string of the molecule is Cc1ncc(CNCC2(C)CCNCC2)s1. The predicted octanol–water partition coefficient (Wildman–Crippen LogP) is 1.93. The van der Waals surface area contributed by atoms with Crippen molar-refractivity contribution in [3.8, 4) is 0 Å². The van der Waals surface area contributed by atoms with E-state index in [1.165, 1.54) is 17.7 Å². The van der Waals surface area contributed by atoms with Gasteiger partial charge in [0.2, 0.25) is 0 Å². The maximum atomic E-state index is 4.27. The standard InChI is InChI=1S/C12H21N3S/c1-10-15-8-11(16-10)7-14-9-12(2)3-5-13-6-4-12/h8,13-14H,3-7,9H2,1-2H3. The fourth-order valence-corrected chi connectivity index (χ4v) is 2.95. The zero-order valence-corrected chi connectivity index (χ0v) is 11.0. The fraction of sp³-hybridized carbons (Fsp3) is 0.750. The molecule has 16 heavy (non-hydrogen) atoms. The highest BCUT2D eigenvalue weighted by Crippen LogP contribution is 2.26. The maximum Gasteiger partial charge on any atom is 0.0897 e. The molecule has 0 atom stereocenters. The second-order valence-electron chi connectivity index (χ2n) is 5.01. The van der Waals surface area contributed by atoms with Crippen LogP contribution >= 0.6 is 11.3 Å². The molecule has 1 aliphatic heterocycles. The van der Waals surface area contributed by atoms with Crippen molar-refractivity contribution >= 4 is 11.3 Å². The van der Waals surface area contributed by atoms with Crippen molar-refractivity contribution in [1.29, 1.82) is 0 Å². The molecular weight excluding hydrogens is 218 g/mol. The van der Waals surface area contributed by atoms with E-state index < -0.39 is 0 Å². The van der Waals surface area contributed by atoms with Gasteiger partial charge in [0.05, 0.1) is 5.01 Å². The summed E-state index contributed by atoms with van der Waals surface area (Å²) < 4.78 is 0. The molecule has 0 unspecified atom stereocenters. The van der Waals surface area contributed by atoms with E-state index in [0.29, 0.717) is 5.41 Å². The zero-order valence-electron chi connectivity index (χ0n) is 10.2. The lowest BCUT2D eigenvalue weighted by atomic mass is 9.81. The van der Waals surface area contributed by atoms with Crippen LogP contribution in [0.25, 0.3) is 0 Å². The lowest BCUT2D eigenvalue weighted by Crippen LogP contribution is -2.41. The van der Waals surface area contributed by atoms with E-state index in [4.69, 9.17) is 0 Å². The molecule has 1 saturated heterocycles. The Bertz CT molecular complexity index is 329. The van der Waals surface area contributed by atoms with Crippen molar-refractivity contribution in [3.63, 3.8) is 0 Å². The number of nitrogens with one attached hydrogen (secondary N) is 2. The topological polar surface area (TPSA) is 37.0 Å². The molecule has 0 aliphatic carbocycles. The van der Waals surface area contributed by atoms with Gasteiger partial charge in [-0.2, -0.15) is 0 Å². The summed E-state index contributed by atoms with van der Waals surface area (Å²) in [5, 5.41) is 8.14. The third-order valence-corrected chi connectivity index (χ3v) is 4.24. The minimum Gasteiger partial charge on any atom is -0.317 e. The average Bonchev–Trinajstić information content (AvgIpc) is 2.65. The number of rotatable bonds is 4. The van der Waals surface area contributed by atoms with Crippen LogP contribution in [0.5, 0.6) is 0 Å². The first-order chi connectivity index (χ1) is 7.68. The molecule has 0 bridgehead atoms. The monoisotopic (exact) mass is 239 g/mol. The quantitative estimate of drug-likeness (QED) is 0.843. The number of hydrogen-bond acceptors (Lipinski definition) is 4. The summed E-state index contributed by atoms with van der Waals surface area (Å²) in [5.74, 6) is 0. The lowest BCUT2D eigenvalue weighted by molar-refractivity contribution is 0.220. The minimum atomic E-state index is 0.477. The molecule has 1 aliphatic rings. The Morgan fingerprint density at radius 3 is 2.88 bits per heavy atom. The summed E-state index contributed by atoms with van der Waals surface area (Å²) >= 11 is 1.79. The van der Waals surface area contributed by atoms with Gasteiger partial charge in [-0.15, -0.1) is 11.3 Å². The van der Waals surface area contributed by atoms with Crippen LogP contribution in [-0.2, 0) is 6.54 Å². The Kier molecular flexibility index (Phi) is 3.95. The third-order valence-electron chi connectivity index (χ3n) is 3.33. The molecule has 0 saturated carbocycles. The summed E-state index contributed by atoms with van der Waals surface area (Å²) in [4.78, 5) is 5.61. The first kappa shape index (κ1) is 12.0. The summed E-state index contributed by atoms with van der Waals surface area (Å²) in [5.41, 5.74) is 0.477. The van der Waals surface area contributed by atoms with Crippen molar-refractivity contribution in [2.24, 2.45) is 5.41 Å². The maximum absolute atomic E-state index is 4.27. The van der Waals surface area contributed by atoms with Crippen LogP contribution in [0.1, 0.15) is 29.7 Å². The van der Waals surface area contributed by atoms with Crippen LogP contribution in [-0.4, -0.2) is 24.6 Å². The second-order valence-corrected chi connectivity index (χ2v) is 6.33. The van der Waals surface area contributed by atoms with Gasteiger partial charge in [0.15, 0.2) is 0 Å². The van der Waals surface area contributed by atoms with E-state index >= 15 is 0 Å². The molecule has 2 rings (SSSR count). The minimum absolute atomic E-state index is 0.477. The Labute approximate surface area is 102 Å². The van der Waals surface area contributed by atoms with Crippen molar-refractivity contribution in [2.45, 2.75) is 33.2 Å². The Hall–Kier alpha value is -0.450. The van der Waals surface area contributed by atoms with Crippen molar-refractivity contribution in [1.82, 2.24) is 15.6 Å². The highest BCUT2D eigenvalue weighted by molar-refractivity contribution is 7.11. The highest BCUT2D eigenvalue weighted by Gasteiger charge is 2.25.